The van der Waals surface area contributed by atoms with E-state index in [1.807, 2.05) is 19.1 Å². The van der Waals surface area contributed by atoms with E-state index in [1.54, 1.807) is 48.5 Å². The molecule has 67 heavy (non-hydrogen) atoms. The summed E-state index contributed by atoms with van der Waals surface area (Å²) >= 11 is 0. The molecule has 0 aliphatic rings. The third-order valence-electron chi connectivity index (χ3n) is 11.4. The number of carbonyl (C=O) groups excluding carboxylic acids is 4. The molecular formula is C58H62O9. The zero-order valence-corrected chi connectivity index (χ0v) is 39.0. The lowest BCUT2D eigenvalue weighted by Gasteiger charge is -2.14. The summed E-state index contributed by atoms with van der Waals surface area (Å²) in [6, 6.07) is 40.9. The molecule has 6 aromatic rings. The minimum Gasteiger partial charge on any atom is -0.491 e. The second-order valence-electron chi connectivity index (χ2n) is 16.9. The molecule has 0 spiro atoms. The Balaban J connectivity index is 0.921. The highest BCUT2D eigenvalue weighted by atomic mass is 16.5. The summed E-state index contributed by atoms with van der Waals surface area (Å²) in [7, 11) is 0. The van der Waals surface area contributed by atoms with Crippen LogP contribution in [0.25, 0.3) is 11.1 Å². The number of aryl methyl sites for hydroxylation is 1. The van der Waals surface area contributed by atoms with E-state index in [9.17, 15) is 19.2 Å². The first-order valence-corrected chi connectivity index (χ1v) is 23.8. The molecule has 0 heterocycles. The SMILES string of the molecule is CCCCCCCCCCc1ccc(-c2ccc(C(=O)Oc3ccc(C(=O)Oc4cccc(C(=O)Oc5ccc(OC(=O)c6ccc(OC(C)CCCCCC)cc6)cc5)c4)cc3)cc2)cc1. The lowest BCUT2D eigenvalue weighted by molar-refractivity contribution is 0.0713. The smallest absolute Gasteiger partial charge is 0.343 e. The lowest BCUT2D eigenvalue weighted by atomic mass is 10.00. The standard InChI is InChI=1S/C58H62O9/c1-4-6-8-10-11-12-13-15-18-43-21-23-44(24-22-43)45-25-27-46(28-26-45)55(59)64-51-35-31-48(32-36-51)57(61)67-54-20-16-19-49(41-54)58(62)66-53-39-37-52(38-40-53)65-56(60)47-29-33-50(34-30-47)63-42(3)17-14-9-7-5-2/h16,19-42H,4-15,17-18H2,1-3H3. The van der Waals surface area contributed by atoms with Gasteiger partial charge >= 0.3 is 23.9 Å². The summed E-state index contributed by atoms with van der Waals surface area (Å²) in [5.74, 6) is -0.818. The van der Waals surface area contributed by atoms with Gasteiger partial charge in [0.05, 0.1) is 28.4 Å². The summed E-state index contributed by atoms with van der Waals surface area (Å²) in [5, 5.41) is 0. The molecule has 9 nitrogen and oxygen atoms in total. The van der Waals surface area contributed by atoms with Crippen LogP contribution >= 0.6 is 0 Å². The van der Waals surface area contributed by atoms with Gasteiger partial charge in [-0.3, -0.25) is 0 Å². The average Bonchev–Trinajstić information content (AvgIpc) is 3.35. The summed E-state index contributed by atoms with van der Waals surface area (Å²) < 4.78 is 28.2. The van der Waals surface area contributed by atoms with E-state index in [-0.39, 0.29) is 40.2 Å². The van der Waals surface area contributed by atoms with Crippen LogP contribution in [0, 0.1) is 0 Å². The minimum atomic E-state index is -0.681. The first-order valence-electron chi connectivity index (χ1n) is 23.8. The summed E-state index contributed by atoms with van der Waals surface area (Å²) in [5.41, 5.74) is 4.56. The maximum atomic E-state index is 13.0. The summed E-state index contributed by atoms with van der Waals surface area (Å²) in [6.07, 6.45) is 17.4. The molecule has 1 unspecified atom stereocenters. The molecule has 348 valence electrons. The van der Waals surface area contributed by atoms with Gasteiger partial charge in [-0.1, -0.05) is 121 Å². The zero-order valence-electron chi connectivity index (χ0n) is 39.0. The second kappa shape index (κ2) is 26.2. The van der Waals surface area contributed by atoms with Crippen molar-refractivity contribution < 1.29 is 42.9 Å². The van der Waals surface area contributed by atoms with E-state index in [0.717, 1.165) is 30.4 Å². The molecule has 6 rings (SSSR count). The fourth-order valence-corrected chi connectivity index (χ4v) is 7.53. The normalized spacial score (nSPS) is 11.3. The Bertz CT molecular complexity index is 2470. The molecule has 9 heteroatoms. The highest BCUT2D eigenvalue weighted by Crippen LogP contribution is 2.25. The molecule has 0 amide bonds. The van der Waals surface area contributed by atoms with Crippen LogP contribution in [-0.2, 0) is 6.42 Å². The molecule has 0 N–H and O–H groups in total. The molecule has 6 aromatic carbocycles. The fourth-order valence-electron chi connectivity index (χ4n) is 7.53. The molecule has 0 aromatic heterocycles. The van der Waals surface area contributed by atoms with Gasteiger partial charge in [0.15, 0.2) is 0 Å². The van der Waals surface area contributed by atoms with Crippen molar-refractivity contribution >= 4 is 23.9 Å². The van der Waals surface area contributed by atoms with Gasteiger partial charge in [-0.2, -0.15) is 0 Å². The zero-order chi connectivity index (χ0) is 47.2. The number of hydrogen-bond acceptors (Lipinski definition) is 9. The number of hydrogen-bond donors (Lipinski definition) is 0. The minimum absolute atomic E-state index is 0.0837. The molecule has 0 saturated carbocycles. The Kier molecular flexibility index (Phi) is 19.3. The van der Waals surface area contributed by atoms with Crippen LogP contribution in [0.5, 0.6) is 28.7 Å². The van der Waals surface area contributed by atoms with Crippen molar-refractivity contribution in [3.8, 4) is 39.9 Å². The quantitative estimate of drug-likeness (QED) is 0.0315. The maximum Gasteiger partial charge on any atom is 0.343 e. The number of unbranched alkanes of at least 4 members (excludes halogenated alkanes) is 10. The highest BCUT2D eigenvalue weighted by Gasteiger charge is 2.16. The van der Waals surface area contributed by atoms with Gasteiger partial charge < -0.3 is 23.7 Å². The van der Waals surface area contributed by atoms with Gasteiger partial charge in [0.25, 0.3) is 0 Å². The molecule has 1 atom stereocenters. The first kappa shape index (κ1) is 49.4. The first-order chi connectivity index (χ1) is 32.7. The van der Waals surface area contributed by atoms with Gasteiger partial charge in [0, 0.05) is 0 Å². The average molecular weight is 903 g/mol. The van der Waals surface area contributed by atoms with Gasteiger partial charge in [-0.05, 0) is 152 Å². The Hall–Kier alpha value is -7.00. The number of ether oxygens (including phenoxy) is 5. The van der Waals surface area contributed by atoms with E-state index < -0.39 is 23.9 Å². The number of benzene rings is 6. The van der Waals surface area contributed by atoms with Crippen LogP contribution in [0.4, 0.5) is 0 Å². The number of carbonyl (C=O) groups is 4. The van der Waals surface area contributed by atoms with Gasteiger partial charge in [-0.15, -0.1) is 0 Å². The summed E-state index contributed by atoms with van der Waals surface area (Å²) in [4.78, 5) is 51.8. The molecule has 0 radical (unpaired) electrons. The van der Waals surface area contributed by atoms with Crippen molar-refractivity contribution in [2.75, 3.05) is 0 Å². The van der Waals surface area contributed by atoms with Gasteiger partial charge in [0.1, 0.15) is 28.7 Å². The van der Waals surface area contributed by atoms with Crippen LogP contribution in [0.1, 0.15) is 151 Å². The monoisotopic (exact) mass is 902 g/mol. The molecule has 0 aliphatic heterocycles. The molecule has 0 aliphatic carbocycles. The van der Waals surface area contributed by atoms with Crippen LogP contribution in [0.3, 0.4) is 0 Å². The molecular weight excluding hydrogens is 841 g/mol. The van der Waals surface area contributed by atoms with Crippen LogP contribution in [0.15, 0.2) is 146 Å². The fraction of sp³-hybridized carbons (Fsp3) is 0.310. The predicted octanol–water partition coefficient (Wildman–Crippen LogP) is 14.7. The highest BCUT2D eigenvalue weighted by molar-refractivity contribution is 5.94. The molecule has 0 fully saturated rings. The number of rotatable bonds is 25. The van der Waals surface area contributed by atoms with Crippen molar-refractivity contribution in [2.24, 2.45) is 0 Å². The lowest BCUT2D eigenvalue weighted by Crippen LogP contribution is -2.12. The third-order valence-corrected chi connectivity index (χ3v) is 11.4. The second-order valence-corrected chi connectivity index (χ2v) is 16.9. The Labute approximate surface area is 395 Å². The van der Waals surface area contributed by atoms with E-state index in [4.69, 9.17) is 23.7 Å². The van der Waals surface area contributed by atoms with E-state index in [2.05, 4.69) is 38.1 Å². The Morgan fingerprint density at radius 1 is 0.388 bits per heavy atom. The largest absolute Gasteiger partial charge is 0.491 e. The van der Waals surface area contributed by atoms with Crippen molar-refractivity contribution in [3.63, 3.8) is 0 Å². The van der Waals surface area contributed by atoms with Crippen LogP contribution in [0.2, 0.25) is 0 Å². The Morgan fingerprint density at radius 2 is 0.776 bits per heavy atom. The van der Waals surface area contributed by atoms with E-state index in [0.29, 0.717) is 16.9 Å². The maximum absolute atomic E-state index is 13.0. The van der Waals surface area contributed by atoms with Crippen LogP contribution < -0.4 is 23.7 Å². The van der Waals surface area contributed by atoms with E-state index >= 15 is 0 Å². The topological polar surface area (TPSA) is 114 Å². The molecule has 0 saturated heterocycles. The van der Waals surface area contributed by atoms with Crippen molar-refractivity contribution in [3.05, 3.63) is 173 Å². The Morgan fingerprint density at radius 3 is 1.28 bits per heavy atom. The van der Waals surface area contributed by atoms with E-state index in [1.165, 1.54) is 137 Å². The number of esters is 4. The van der Waals surface area contributed by atoms with Gasteiger partial charge in [0.2, 0.25) is 0 Å². The van der Waals surface area contributed by atoms with Crippen molar-refractivity contribution in [1.82, 2.24) is 0 Å². The summed E-state index contributed by atoms with van der Waals surface area (Å²) in [6.45, 7) is 6.49. The molecule has 0 bridgehead atoms. The van der Waals surface area contributed by atoms with Gasteiger partial charge in [-0.25, -0.2) is 19.2 Å². The van der Waals surface area contributed by atoms with Crippen LogP contribution in [-0.4, -0.2) is 30.0 Å². The van der Waals surface area contributed by atoms with Crippen molar-refractivity contribution in [2.45, 2.75) is 117 Å². The third kappa shape index (κ3) is 16.1. The predicted molar refractivity (Wildman–Crippen MR) is 263 cm³/mol. The van der Waals surface area contributed by atoms with Crippen molar-refractivity contribution in [1.29, 1.82) is 0 Å².